The van der Waals surface area contributed by atoms with E-state index < -0.39 is 0 Å². The Morgan fingerprint density at radius 1 is 1.30 bits per heavy atom. The summed E-state index contributed by atoms with van der Waals surface area (Å²) >= 11 is 0. The number of hydrogen-bond acceptors (Lipinski definition) is 3. The molecule has 0 aliphatic carbocycles. The molecule has 0 bridgehead atoms. The van der Waals surface area contributed by atoms with Crippen LogP contribution in [0.2, 0.25) is 0 Å². The van der Waals surface area contributed by atoms with Gasteiger partial charge in [0.15, 0.2) is 0 Å². The number of rotatable bonds is 8. The molecule has 20 heavy (non-hydrogen) atoms. The molecule has 2 rings (SSSR count). The first-order valence-corrected chi connectivity index (χ1v) is 8.01. The minimum absolute atomic E-state index is 0.278. The van der Waals surface area contributed by atoms with Crippen LogP contribution in [0.25, 0.3) is 0 Å². The third-order valence-electron chi connectivity index (χ3n) is 3.93. The fourth-order valence-corrected chi connectivity index (χ4v) is 2.54. The molecule has 1 heterocycles. The van der Waals surface area contributed by atoms with Crippen molar-refractivity contribution in [3.8, 4) is 5.75 Å². The second-order valence-corrected chi connectivity index (χ2v) is 5.69. The van der Waals surface area contributed by atoms with Crippen molar-refractivity contribution in [2.75, 3.05) is 31.5 Å². The molecule has 1 aliphatic rings. The van der Waals surface area contributed by atoms with Gasteiger partial charge in [-0.2, -0.15) is 0 Å². The molecule has 0 spiro atoms. The molecule has 1 unspecified atom stereocenters. The molecular weight excluding hydrogens is 248 g/mol. The SMILES string of the molecule is CCC(C)Oc1cccc(NCCCN2CCCC2)c1. The van der Waals surface area contributed by atoms with E-state index in [0.29, 0.717) is 0 Å². The second-order valence-electron chi connectivity index (χ2n) is 5.69. The highest BCUT2D eigenvalue weighted by Gasteiger charge is 2.10. The molecule has 1 fully saturated rings. The summed E-state index contributed by atoms with van der Waals surface area (Å²) in [6.45, 7) is 9.08. The van der Waals surface area contributed by atoms with E-state index in [4.69, 9.17) is 4.74 Å². The first-order valence-electron chi connectivity index (χ1n) is 8.01. The van der Waals surface area contributed by atoms with E-state index in [9.17, 15) is 0 Å². The molecular formula is C17H28N2O. The average Bonchev–Trinajstić information content (AvgIpc) is 2.97. The highest BCUT2D eigenvalue weighted by Crippen LogP contribution is 2.19. The van der Waals surface area contributed by atoms with Gasteiger partial charge in [0, 0.05) is 18.3 Å². The molecule has 112 valence electrons. The minimum atomic E-state index is 0.278. The monoisotopic (exact) mass is 276 g/mol. The Morgan fingerprint density at radius 2 is 2.10 bits per heavy atom. The Morgan fingerprint density at radius 3 is 2.85 bits per heavy atom. The van der Waals surface area contributed by atoms with Crippen molar-refractivity contribution in [2.24, 2.45) is 0 Å². The topological polar surface area (TPSA) is 24.5 Å². The third-order valence-corrected chi connectivity index (χ3v) is 3.93. The van der Waals surface area contributed by atoms with Crippen LogP contribution in [-0.2, 0) is 0 Å². The maximum Gasteiger partial charge on any atom is 0.121 e. The van der Waals surface area contributed by atoms with Crippen LogP contribution < -0.4 is 10.1 Å². The van der Waals surface area contributed by atoms with Gasteiger partial charge in [0.1, 0.15) is 5.75 Å². The summed E-state index contributed by atoms with van der Waals surface area (Å²) in [5.41, 5.74) is 1.16. The normalized spacial score (nSPS) is 17.1. The van der Waals surface area contributed by atoms with Crippen LogP contribution in [0, 0.1) is 0 Å². The molecule has 0 radical (unpaired) electrons. The Balaban J connectivity index is 1.70. The lowest BCUT2D eigenvalue weighted by Crippen LogP contribution is -2.22. The Hall–Kier alpha value is -1.22. The number of nitrogens with zero attached hydrogens (tertiary/aromatic N) is 1. The molecule has 0 aromatic heterocycles. The van der Waals surface area contributed by atoms with E-state index in [1.807, 2.05) is 6.07 Å². The van der Waals surface area contributed by atoms with Crippen LogP contribution in [0.5, 0.6) is 5.75 Å². The number of likely N-dealkylation sites (tertiary alicyclic amines) is 1. The molecule has 1 saturated heterocycles. The zero-order valence-electron chi connectivity index (χ0n) is 12.9. The van der Waals surface area contributed by atoms with Crippen molar-refractivity contribution in [1.82, 2.24) is 4.90 Å². The highest BCUT2D eigenvalue weighted by atomic mass is 16.5. The highest BCUT2D eigenvalue weighted by molar-refractivity contribution is 5.48. The largest absolute Gasteiger partial charge is 0.491 e. The first-order chi connectivity index (χ1) is 9.78. The molecule has 1 atom stereocenters. The molecule has 3 heteroatoms. The summed E-state index contributed by atoms with van der Waals surface area (Å²) in [6.07, 6.45) is 5.27. The van der Waals surface area contributed by atoms with Gasteiger partial charge in [0.25, 0.3) is 0 Å². The molecule has 1 aromatic rings. The summed E-state index contributed by atoms with van der Waals surface area (Å²) < 4.78 is 5.84. The molecule has 0 saturated carbocycles. The average molecular weight is 276 g/mol. The number of hydrogen-bond donors (Lipinski definition) is 1. The van der Waals surface area contributed by atoms with Gasteiger partial charge in [-0.1, -0.05) is 13.0 Å². The van der Waals surface area contributed by atoms with Gasteiger partial charge in [0.2, 0.25) is 0 Å². The maximum absolute atomic E-state index is 5.84. The van der Waals surface area contributed by atoms with Gasteiger partial charge in [-0.15, -0.1) is 0 Å². The fraction of sp³-hybridized carbons (Fsp3) is 0.647. The van der Waals surface area contributed by atoms with Gasteiger partial charge in [-0.3, -0.25) is 0 Å². The van der Waals surface area contributed by atoms with Gasteiger partial charge < -0.3 is 15.0 Å². The van der Waals surface area contributed by atoms with E-state index in [2.05, 4.69) is 42.3 Å². The van der Waals surface area contributed by atoms with Crippen molar-refractivity contribution < 1.29 is 4.74 Å². The van der Waals surface area contributed by atoms with Crippen LogP contribution in [0.15, 0.2) is 24.3 Å². The van der Waals surface area contributed by atoms with Crippen LogP contribution in [-0.4, -0.2) is 37.2 Å². The maximum atomic E-state index is 5.84. The van der Waals surface area contributed by atoms with Crippen molar-refractivity contribution in [3.05, 3.63) is 24.3 Å². The van der Waals surface area contributed by atoms with E-state index in [-0.39, 0.29) is 6.10 Å². The standard InChI is InChI=1S/C17H28N2O/c1-3-15(2)20-17-9-6-8-16(14-17)18-10-7-13-19-11-4-5-12-19/h6,8-9,14-15,18H,3-5,7,10-13H2,1-2H3. The second kappa shape index (κ2) is 8.15. The van der Waals surface area contributed by atoms with Gasteiger partial charge in [-0.05, 0) is 64.4 Å². The Kier molecular flexibility index (Phi) is 6.19. The number of anilines is 1. The smallest absolute Gasteiger partial charge is 0.121 e. The quantitative estimate of drug-likeness (QED) is 0.732. The summed E-state index contributed by atoms with van der Waals surface area (Å²) in [4.78, 5) is 2.56. The summed E-state index contributed by atoms with van der Waals surface area (Å²) in [7, 11) is 0. The zero-order chi connectivity index (χ0) is 14.2. The molecule has 0 amide bonds. The van der Waals surface area contributed by atoms with Crippen LogP contribution >= 0.6 is 0 Å². The van der Waals surface area contributed by atoms with Gasteiger partial charge in [0.05, 0.1) is 6.10 Å². The van der Waals surface area contributed by atoms with E-state index in [0.717, 1.165) is 24.4 Å². The summed E-state index contributed by atoms with van der Waals surface area (Å²) in [5, 5.41) is 3.49. The van der Waals surface area contributed by atoms with Crippen molar-refractivity contribution >= 4 is 5.69 Å². The van der Waals surface area contributed by atoms with Crippen LogP contribution in [0.4, 0.5) is 5.69 Å². The zero-order valence-corrected chi connectivity index (χ0v) is 12.9. The molecule has 3 nitrogen and oxygen atoms in total. The number of nitrogens with one attached hydrogen (secondary N) is 1. The fourth-order valence-electron chi connectivity index (χ4n) is 2.54. The van der Waals surface area contributed by atoms with E-state index >= 15 is 0 Å². The van der Waals surface area contributed by atoms with E-state index in [1.54, 1.807) is 0 Å². The van der Waals surface area contributed by atoms with Gasteiger partial charge in [-0.25, -0.2) is 0 Å². The Bertz CT molecular complexity index is 388. The van der Waals surface area contributed by atoms with E-state index in [1.165, 1.54) is 38.9 Å². The number of ether oxygens (including phenoxy) is 1. The van der Waals surface area contributed by atoms with Crippen LogP contribution in [0.3, 0.4) is 0 Å². The van der Waals surface area contributed by atoms with Crippen LogP contribution in [0.1, 0.15) is 39.5 Å². The van der Waals surface area contributed by atoms with Gasteiger partial charge >= 0.3 is 0 Å². The van der Waals surface area contributed by atoms with Crippen molar-refractivity contribution in [3.63, 3.8) is 0 Å². The minimum Gasteiger partial charge on any atom is -0.491 e. The predicted molar refractivity (Wildman–Crippen MR) is 85.6 cm³/mol. The Labute approximate surface area is 123 Å². The lowest BCUT2D eigenvalue weighted by Gasteiger charge is -2.16. The number of benzene rings is 1. The van der Waals surface area contributed by atoms with Crippen molar-refractivity contribution in [2.45, 2.75) is 45.6 Å². The molecule has 1 aliphatic heterocycles. The molecule has 1 N–H and O–H groups in total. The third kappa shape index (κ3) is 5.04. The lowest BCUT2D eigenvalue weighted by atomic mass is 10.2. The lowest BCUT2D eigenvalue weighted by molar-refractivity contribution is 0.217. The predicted octanol–water partition coefficient (Wildman–Crippen LogP) is 3.76. The summed E-state index contributed by atoms with van der Waals surface area (Å²) in [5.74, 6) is 0.962. The summed E-state index contributed by atoms with van der Waals surface area (Å²) in [6, 6.07) is 8.30. The van der Waals surface area contributed by atoms with Crippen molar-refractivity contribution in [1.29, 1.82) is 0 Å². The molecule has 1 aromatic carbocycles. The first kappa shape index (κ1) is 15.2.